The molecule has 0 aliphatic rings. The zero-order valence-corrected chi connectivity index (χ0v) is 19.7. The summed E-state index contributed by atoms with van der Waals surface area (Å²) in [6.07, 6.45) is 1.72. The van der Waals surface area contributed by atoms with Crippen LogP contribution in [0.15, 0.2) is 91.1 Å². The first-order chi connectivity index (χ1) is 17.0. The first-order valence-corrected chi connectivity index (χ1v) is 11.4. The number of carbonyl (C=O) groups excluding carboxylic acids is 2. The van der Waals surface area contributed by atoms with E-state index in [2.05, 4.69) is 10.3 Å². The Bertz CT molecular complexity index is 1340. The van der Waals surface area contributed by atoms with Crippen molar-refractivity contribution in [2.45, 2.75) is 20.5 Å². The molecule has 4 rings (SSSR count). The van der Waals surface area contributed by atoms with Gasteiger partial charge in [0.05, 0.1) is 17.9 Å². The molecule has 3 aromatic carbocycles. The monoisotopic (exact) mass is 466 g/mol. The van der Waals surface area contributed by atoms with Crippen molar-refractivity contribution in [1.29, 1.82) is 0 Å². The van der Waals surface area contributed by atoms with Crippen LogP contribution in [-0.2, 0) is 16.1 Å². The third kappa shape index (κ3) is 6.12. The summed E-state index contributed by atoms with van der Waals surface area (Å²) in [7, 11) is 0. The Morgan fingerprint density at radius 1 is 0.886 bits per heavy atom. The van der Waals surface area contributed by atoms with Gasteiger partial charge in [-0.1, -0.05) is 42.5 Å². The van der Waals surface area contributed by atoms with E-state index < -0.39 is 5.97 Å². The van der Waals surface area contributed by atoms with Crippen LogP contribution in [0, 0.1) is 0 Å². The lowest BCUT2D eigenvalue weighted by Gasteiger charge is -2.13. The maximum Gasteiger partial charge on any atom is 0.338 e. The lowest BCUT2D eigenvalue weighted by atomic mass is 10.00. The predicted octanol–water partition coefficient (Wildman–Crippen LogP) is 6.13. The van der Waals surface area contributed by atoms with Gasteiger partial charge in [0.15, 0.2) is 0 Å². The van der Waals surface area contributed by atoms with Crippen molar-refractivity contribution >= 4 is 17.6 Å². The highest BCUT2D eigenvalue weighted by molar-refractivity contribution is 5.96. The van der Waals surface area contributed by atoms with Gasteiger partial charge < -0.3 is 14.8 Å². The van der Waals surface area contributed by atoms with E-state index in [4.69, 9.17) is 9.47 Å². The van der Waals surface area contributed by atoms with Crippen LogP contribution in [0.4, 0.5) is 5.69 Å². The molecule has 0 fully saturated rings. The summed E-state index contributed by atoms with van der Waals surface area (Å²) in [5.74, 6) is 0.0481. The number of ether oxygens (including phenoxy) is 2. The fourth-order valence-electron chi connectivity index (χ4n) is 3.70. The van der Waals surface area contributed by atoms with E-state index in [0.29, 0.717) is 17.9 Å². The molecule has 6 heteroatoms. The lowest BCUT2D eigenvalue weighted by Crippen LogP contribution is -2.09. The second kappa shape index (κ2) is 11.1. The van der Waals surface area contributed by atoms with Crippen LogP contribution >= 0.6 is 0 Å². The lowest BCUT2D eigenvalue weighted by molar-refractivity contribution is -0.114. The van der Waals surface area contributed by atoms with E-state index in [-0.39, 0.29) is 12.5 Å². The van der Waals surface area contributed by atoms with Gasteiger partial charge in [-0.25, -0.2) is 4.79 Å². The summed E-state index contributed by atoms with van der Waals surface area (Å²) in [4.78, 5) is 28.6. The fraction of sp³-hybridized carbons (Fsp3) is 0.138. The number of benzene rings is 3. The fourth-order valence-corrected chi connectivity index (χ4v) is 3.70. The van der Waals surface area contributed by atoms with Crippen molar-refractivity contribution in [1.82, 2.24) is 4.98 Å². The number of esters is 1. The quantitative estimate of drug-likeness (QED) is 0.316. The van der Waals surface area contributed by atoms with Crippen molar-refractivity contribution in [3.05, 3.63) is 102 Å². The summed E-state index contributed by atoms with van der Waals surface area (Å²) in [5, 5.41) is 2.76. The molecular formula is C29H26N2O4. The summed E-state index contributed by atoms with van der Waals surface area (Å²) < 4.78 is 11.3. The van der Waals surface area contributed by atoms with Gasteiger partial charge in [-0.05, 0) is 66.1 Å². The number of anilines is 1. The first-order valence-electron chi connectivity index (χ1n) is 11.4. The number of nitrogens with one attached hydrogen (secondary N) is 1. The van der Waals surface area contributed by atoms with E-state index >= 15 is 0 Å². The Morgan fingerprint density at radius 3 is 2.43 bits per heavy atom. The molecule has 0 radical (unpaired) electrons. The van der Waals surface area contributed by atoms with Gasteiger partial charge in [0.25, 0.3) is 0 Å². The zero-order chi connectivity index (χ0) is 24.6. The molecule has 1 aromatic heterocycles. The van der Waals surface area contributed by atoms with E-state index in [9.17, 15) is 9.59 Å². The molecule has 0 spiro atoms. The van der Waals surface area contributed by atoms with Crippen LogP contribution in [0.1, 0.15) is 29.8 Å². The van der Waals surface area contributed by atoms with Gasteiger partial charge in [-0.3, -0.25) is 9.78 Å². The number of para-hydroxylation sites is 1. The number of rotatable bonds is 8. The normalized spacial score (nSPS) is 10.5. The molecule has 0 saturated carbocycles. The van der Waals surface area contributed by atoms with Crippen LogP contribution in [0.5, 0.6) is 5.75 Å². The van der Waals surface area contributed by atoms with Crippen molar-refractivity contribution in [2.24, 2.45) is 0 Å². The van der Waals surface area contributed by atoms with Gasteiger partial charge in [-0.2, -0.15) is 0 Å². The SMILES string of the molecule is CCOC(=O)c1cc(NC(C)=O)cc(-c2ccnc(-c3ccccc3OCc3ccccc3)c2)c1. The van der Waals surface area contributed by atoms with Gasteiger partial charge in [-0.15, -0.1) is 0 Å². The van der Waals surface area contributed by atoms with Gasteiger partial charge in [0.1, 0.15) is 12.4 Å². The highest BCUT2D eigenvalue weighted by atomic mass is 16.5. The summed E-state index contributed by atoms with van der Waals surface area (Å²) >= 11 is 0. The van der Waals surface area contributed by atoms with Gasteiger partial charge in [0, 0.05) is 24.4 Å². The molecule has 0 aliphatic heterocycles. The van der Waals surface area contributed by atoms with Crippen molar-refractivity contribution in [3.63, 3.8) is 0 Å². The Labute approximate surface area is 204 Å². The maximum atomic E-state index is 12.4. The molecule has 6 nitrogen and oxygen atoms in total. The number of amides is 1. The number of hydrogen-bond donors (Lipinski definition) is 1. The standard InChI is InChI=1S/C29H26N2O4/c1-3-34-29(33)24-15-23(16-25(17-24)31-20(2)32)22-13-14-30-27(18-22)26-11-7-8-12-28(26)35-19-21-9-5-4-6-10-21/h4-18H,3,19H2,1-2H3,(H,31,32). The molecule has 1 N–H and O–H groups in total. The van der Waals surface area contributed by atoms with Crippen LogP contribution in [0.25, 0.3) is 22.4 Å². The Hall–Kier alpha value is -4.45. The predicted molar refractivity (Wildman–Crippen MR) is 136 cm³/mol. The van der Waals surface area contributed by atoms with Gasteiger partial charge >= 0.3 is 5.97 Å². The summed E-state index contributed by atoms with van der Waals surface area (Å²) in [6, 6.07) is 26.7. The average molecular weight is 467 g/mol. The minimum atomic E-state index is -0.449. The third-order valence-electron chi connectivity index (χ3n) is 5.26. The second-order valence-corrected chi connectivity index (χ2v) is 7.90. The Kier molecular flexibility index (Phi) is 7.53. The van der Waals surface area contributed by atoms with E-state index in [0.717, 1.165) is 33.7 Å². The molecule has 35 heavy (non-hydrogen) atoms. The zero-order valence-electron chi connectivity index (χ0n) is 19.7. The summed E-state index contributed by atoms with van der Waals surface area (Å²) in [5.41, 5.74) is 5.13. The topological polar surface area (TPSA) is 77.5 Å². The minimum absolute atomic E-state index is 0.225. The van der Waals surface area contributed by atoms with E-state index in [1.807, 2.05) is 72.8 Å². The molecular weight excluding hydrogens is 440 g/mol. The number of carbonyl (C=O) groups is 2. The Morgan fingerprint density at radius 2 is 1.66 bits per heavy atom. The molecule has 0 aliphatic carbocycles. The highest BCUT2D eigenvalue weighted by Crippen LogP contribution is 2.33. The van der Waals surface area contributed by atoms with Crippen molar-refractivity contribution in [2.75, 3.05) is 11.9 Å². The number of hydrogen-bond acceptors (Lipinski definition) is 5. The summed E-state index contributed by atoms with van der Waals surface area (Å²) in [6.45, 7) is 3.88. The molecule has 176 valence electrons. The van der Waals surface area contributed by atoms with E-state index in [1.54, 1.807) is 25.3 Å². The van der Waals surface area contributed by atoms with Crippen molar-refractivity contribution in [3.8, 4) is 28.1 Å². The van der Waals surface area contributed by atoms with Crippen molar-refractivity contribution < 1.29 is 19.1 Å². The van der Waals surface area contributed by atoms with Crippen LogP contribution in [0.2, 0.25) is 0 Å². The van der Waals surface area contributed by atoms with Gasteiger partial charge in [0.2, 0.25) is 5.91 Å². The molecule has 4 aromatic rings. The molecule has 0 saturated heterocycles. The smallest absolute Gasteiger partial charge is 0.338 e. The molecule has 0 bridgehead atoms. The third-order valence-corrected chi connectivity index (χ3v) is 5.26. The number of aromatic nitrogens is 1. The molecule has 0 unspecified atom stereocenters. The van der Waals surface area contributed by atoms with E-state index in [1.165, 1.54) is 6.92 Å². The molecule has 1 amide bonds. The van der Waals surface area contributed by atoms with Crippen LogP contribution in [-0.4, -0.2) is 23.5 Å². The second-order valence-electron chi connectivity index (χ2n) is 7.90. The number of pyridine rings is 1. The molecule has 1 heterocycles. The maximum absolute atomic E-state index is 12.4. The van der Waals surface area contributed by atoms with Crippen LogP contribution < -0.4 is 10.1 Å². The first kappa shape index (κ1) is 23.7. The number of nitrogens with zero attached hydrogens (tertiary/aromatic N) is 1. The highest BCUT2D eigenvalue weighted by Gasteiger charge is 2.14. The Balaban J connectivity index is 1.69. The molecule has 0 atom stereocenters. The minimum Gasteiger partial charge on any atom is -0.488 e. The largest absolute Gasteiger partial charge is 0.488 e. The van der Waals surface area contributed by atoms with Crippen LogP contribution in [0.3, 0.4) is 0 Å². The average Bonchev–Trinajstić information content (AvgIpc) is 2.88.